The maximum Gasteiger partial charge on any atom is 0.358 e. The van der Waals surface area contributed by atoms with Gasteiger partial charge in [-0.1, -0.05) is 20.4 Å². The summed E-state index contributed by atoms with van der Waals surface area (Å²) < 4.78 is 1.96. The summed E-state index contributed by atoms with van der Waals surface area (Å²) in [6.07, 6.45) is 1.08. The number of aliphatic imine (C=N–C) groups is 1. The number of imide groups is 1. The molecule has 0 aromatic heterocycles. The molecule has 0 radical (unpaired) electrons. The Morgan fingerprint density at radius 3 is 2.57 bits per heavy atom. The third-order valence-electron chi connectivity index (χ3n) is 3.86. The van der Waals surface area contributed by atoms with Crippen LogP contribution in [0.2, 0.25) is 0 Å². The molecule has 0 saturated carbocycles. The summed E-state index contributed by atoms with van der Waals surface area (Å²) in [5, 5.41) is 0.803. The molecule has 0 bridgehead atoms. The fourth-order valence-corrected chi connectivity index (χ4v) is 3.79. The molecular formula is C16H25N4O2S+. The Bertz CT molecular complexity index is 609. The lowest BCUT2D eigenvalue weighted by atomic mass is 10.1. The Kier molecular flexibility index (Phi) is 5.29. The fourth-order valence-electron chi connectivity index (χ4n) is 2.53. The van der Waals surface area contributed by atoms with E-state index >= 15 is 0 Å². The largest absolute Gasteiger partial charge is 0.358 e. The van der Waals surface area contributed by atoms with Crippen molar-refractivity contribution in [3.8, 4) is 0 Å². The van der Waals surface area contributed by atoms with E-state index in [0.29, 0.717) is 18.3 Å². The quantitative estimate of drug-likeness (QED) is 0.570. The molecule has 0 aromatic carbocycles. The number of carbonyl (C=O) groups excluding carboxylic acids is 2. The van der Waals surface area contributed by atoms with E-state index in [0.717, 1.165) is 27.8 Å². The molecule has 1 unspecified atom stereocenters. The zero-order valence-corrected chi connectivity index (χ0v) is 15.3. The number of carbonyl (C=O) groups is 2. The number of rotatable bonds is 5. The van der Waals surface area contributed by atoms with Crippen LogP contribution in [0, 0.1) is 5.92 Å². The number of amides is 3. The van der Waals surface area contributed by atoms with Crippen molar-refractivity contribution in [2.24, 2.45) is 10.9 Å². The first-order chi connectivity index (χ1) is 10.7. The zero-order valence-electron chi connectivity index (χ0n) is 14.5. The van der Waals surface area contributed by atoms with Gasteiger partial charge in [-0.05, 0) is 41.6 Å². The Morgan fingerprint density at radius 1 is 1.35 bits per heavy atom. The molecule has 2 heterocycles. The molecule has 1 fully saturated rings. The molecule has 0 N–H and O–H groups in total. The highest BCUT2D eigenvalue weighted by molar-refractivity contribution is 8.13. The zero-order chi connectivity index (χ0) is 17.3. The minimum Gasteiger partial charge on any atom is -0.269 e. The van der Waals surface area contributed by atoms with E-state index in [-0.39, 0.29) is 11.9 Å². The predicted octanol–water partition coefficient (Wildman–Crippen LogP) is 2.01. The van der Waals surface area contributed by atoms with Crippen LogP contribution in [-0.4, -0.2) is 69.8 Å². The second-order valence-electron chi connectivity index (χ2n) is 6.51. The van der Waals surface area contributed by atoms with Crippen LogP contribution in [0.15, 0.2) is 17.1 Å². The minimum absolute atomic E-state index is 0.229. The maximum absolute atomic E-state index is 12.6. The summed E-state index contributed by atoms with van der Waals surface area (Å²) in [6.45, 7) is 10.8. The van der Waals surface area contributed by atoms with Crippen molar-refractivity contribution in [1.82, 2.24) is 9.80 Å². The normalized spacial score (nSPS) is 21.3. The van der Waals surface area contributed by atoms with Crippen LogP contribution in [0.4, 0.5) is 4.79 Å². The molecule has 0 aromatic rings. The molecule has 0 aliphatic carbocycles. The molecule has 3 amide bonds. The van der Waals surface area contributed by atoms with Crippen LogP contribution in [-0.2, 0) is 4.79 Å². The second-order valence-corrected chi connectivity index (χ2v) is 7.57. The van der Waals surface area contributed by atoms with Gasteiger partial charge in [-0.3, -0.25) is 14.6 Å². The Balaban J connectivity index is 2.33. The van der Waals surface area contributed by atoms with Gasteiger partial charge in [0.25, 0.3) is 17.8 Å². The van der Waals surface area contributed by atoms with Crippen LogP contribution in [0.1, 0.15) is 27.2 Å². The lowest BCUT2D eigenvalue weighted by molar-refractivity contribution is -0.524. The van der Waals surface area contributed by atoms with Crippen LogP contribution in [0.5, 0.6) is 0 Å². The number of hydrogen-bond donors (Lipinski definition) is 0. The first-order valence-corrected chi connectivity index (χ1v) is 8.77. The Morgan fingerprint density at radius 2 is 2.00 bits per heavy atom. The molecule has 0 spiro atoms. The van der Waals surface area contributed by atoms with Crippen molar-refractivity contribution in [2.75, 3.05) is 26.4 Å². The number of hydrogen-bond acceptors (Lipinski definition) is 4. The van der Waals surface area contributed by atoms with Gasteiger partial charge < -0.3 is 0 Å². The Labute approximate surface area is 141 Å². The van der Waals surface area contributed by atoms with Crippen LogP contribution in [0.25, 0.3) is 0 Å². The van der Waals surface area contributed by atoms with E-state index in [4.69, 9.17) is 0 Å². The van der Waals surface area contributed by atoms with Gasteiger partial charge in [-0.25, -0.2) is 9.37 Å². The van der Waals surface area contributed by atoms with Gasteiger partial charge in [-0.15, -0.1) is 0 Å². The van der Waals surface area contributed by atoms with E-state index in [9.17, 15) is 9.59 Å². The van der Waals surface area contributed by atoms with E-state index in [1.54, 1.807) is 18.8 Å². The average Bonchev–Trinajstić information content (AvgIpc) is 2.81. The van der Waals surface area contributed by atoms with Crippen molar-refractivity contribution in [3.05, 3.63) is 12.2 Å². The number of likely N-dealkylation sites (N-methyl/N-ethyl adjacent to an activating group) is 2. The molecular weight excluding hydrogens is 312 g/mol. The first kappa shape index (κ1) is 17.7. The monoisotopic (exact) mass is 337 g/mol. The first-order valence-electron chi connectivity index (χ1n) is 7.78. The highest BCUT2D eigenvalue weighted by Gasteiger charge is 2.53. The van der Waals surface area contributed by atoms with Gasteiger partial charge in [0.05, 0.1) is 0 Å². The highest BCUT2D eigenvalue weighted by Crippen LogP contribution is 2.24. The molecule has 126 valence electrons. The van der Waals surface area contributed by atoms with Gasteiger partial charge in [-0.2, -0.15) is 0 Å². The van der Waals surface area contributed by atoms with Crippen LogP contribution >= 0.6 is 11.8 Å². The molecule has 23 heavy (non-hydrogen) atoms. The summed E-state index contributed by atoms with van der Waals surface area (Å²) >= 11 is 1.64. The maximum atomic E-state index is 12.6. The van der Waals surface area contributed by atoms with E-state index < -0.39 is 6.04 Å². The lowest BCUT2D eigenvalue weighted by Crippen LogP contribution is -2.61. The number of fused-ring (bicyclic) bond motifs is 1. The van der Waals surface area contributed by atoms with Crippen molar-refractivity contribution in [2.45, 2.75) is 33.2 Å². The molecule has 2 aliphatic rings. The summed E-state index contributed by atoms with van der Waals surface area (Å²) in [5.41, 5.74) is 0.957. The SMILES string of the molecule is C=C(C)C[N+]1=C(SCCC(C)C)N=C2C1C(=O)N(C)C(=O)N2C. The van der Waals surface area contributed by atoms with E-state index in [1.165, 1.54) is 11.9 Å². The Hall–Kier alpha value is -1.63. The third-order valence-corrected chi connectivity index (χ3v) is 4.88. The molecule has 7 heteroatoms. The average molecular weight is 337 g/mol. The number of nitrogens with zero attached hydrogens (tertiary/aromatic N) is 4. The number of urea groups is 1. The lowest BCUT2D eigenvalue weighted by Gasteiger charge is -2.30. The van der Waals surface area contributed by atoms with E-state index in [2.05, 4.69) is 25.4 Å². The summed E-state index contributed by atoms with van der Waals surface area (Å²) in [7, 11) is 3.18. The topological polar surface area (TPSA) is 56.0 Å². The van der Waals surface area contributed by atoms with Crippen molar-refractivity contribution < 1.29 is 14.2 Å². The van der Waals surface area contributed by atoms with Crippen LogP contribution in [0.3, 0.4) is 0 Å². The third kappa shape index (κ3) is 3.49. The van der Waals surface area contributed by atoms with Gasteiger partial charge in [0.15, 0.2) is 0 Å². The van der Waals surface area contributed by atoms with Crippen molar-refractivity contribution >= 4 is 34.7 Å². The predicted molar refractivity (Wildman–Crippen MR) is 94.0 cm³/mol. The fraction of sp³-hybridized carbons (Fsp3) is 0.625. The number of amidine groups is 2. The van der Waals surface area contributed by atoms with Crippen LogP contribution < -0.4 is 0 Å². The van der Waals surface area contributed by atoms with Gasteiger partial charge in [0, 0.05) is 19.8 Å². The summed E-state index contributed by atoms with van der Waals surface area (Å²) in [4.78, 5) is 31.9. The summed E-state index contributed by atoms with van der Waals surface area (Å²) in [6, 6.07) is -0.866. The summed E-state index contributed by atoms with van der Waals surface area (Å²) in [5.74, 6) is 1.84. The van der Waals surface area contributed by atoms with Gasteiger partial charge >= 0.3 is 11.2 Å². The smallest absolute Gasteiger partial charge is 0.269 e. The molecule has 1 atom stereocenters. The van der Waals surface area contributed by atoms with Crippen molar-refractivity contribution in [1.29, 1.82) is 0 Å². The second kappa shape index (κ2) is 6.86. The van der Waals surface area contributed by atoms with Crippen molar-refractivity contribution in [3.63, 3.8) is 0 Å². The number of thioether (sulfide) groups is 1. The molecule has 1 saturated heterocycles. The van der Waals surface area contributed by atoms with Gasteiger partial charge in [0.1, 0.15) is 6.54 Å². The highest BCUT2D eigenvalue weighted by atomic mass is 32.2. The molecule has 2 aliphatic heterocycles. The standard InChI is InChI=1S/C16H25N4O2S/c1-10(2)7-8-23-15-17-13-12(20(15)9-11(3)4)14(21)19(6)16(22)18(13)5/h10,12H,3,7-9H2,1-2,4-6H3/q+1. The van der Waals surface area contributed by atoms with E-state index in [1.807, 2.05) is 11.5 Å². The molecule has 2 rings (SSSR count). The minimum atomic E-state index is -0.527. The van der Waals surface area contributed by atoms with Gasteiger partial charge in [0.2, 0.25) is 0 Å². The molecule has 6 nitrogen and oxygen atoms in total.